The van der Waals surface area contributed by atoms with E-state index >= 15 is 0 Å². The van der Waals surface area contributed by atoms with Crippen LogP contribution in [0.2, 0.25) is 0 Å². The number of nitrogens with two attached hydrogens (primary N) is 1. The van der Waals surface area contributed by atoms with Crippen molar-refractivity contribution in [2.24, 2.45) is 11.7 Å². The predicted molar refractivity (Wildman–Crippen MR) is 120 cm³/mol. The van der Waals surface area contributed by atoms with Crippen LogP contribution in [0.1, 0.15) is 38.8 Å². The van der Waals surface area contributed by atoms with E-state index in [4.69, 9.17) is 5.73 Å². The van der Waals surface area contributed by atoms with E-state index in [2.05, 4.69) is 5.32 Å². The van der Waals surface area contributed by atoms with E-state index in [0.717, 1.165) is 6.07 Å². The highest BCUT2D eigenvalue weighted by Crippen LogP contribution is 2.42. The highest BCUT2D eigenvalue weighted by molar-refractivity contribution is 5.89. The van der Waals surface area contributed by atoms with Gasteiger partial charge in [-0.15, -0.1) is 0 Å². The molecule has 2 amide bonds. The molecule has 0 bridgehead atoms. The molecule has 0 spiro atoms. The monoisotopic (exact) mass is 478 g/mol. The van der Waals surface area contributed by atoms with Crippen LogP contribution in [0.4, 0.5) is 23.2 Å². The molecule has 2 rings (SSSR count). The number of amides is 2. The molecular weight excluding hydrogens is 452 g/mol. The second-order valence-electron chi connectivity index (χ2n) is 8.27. The fourth-order valence-corrected chi connectivity index (χ4v) is 3.69. The number of hydrogen-bond acceptors (Lipinski definition) is 4. The summed E-state index contributed by atoms with van der Waals surface area (Å²) in [4.78, 5) is 24.6. The Morgan fingerprint density at radius 2 is 1.82 bits per heavy atom. The molecule has 0 saturated heterocycles. The number of hydrogen-bond donors (Lipinski definition) is 2. The van der Waals surface area contributed by atoms with Gasteiger partial charge in [0.05, 0.1) is 17.8 Å². The lowest BCUT2D eigenvalue weighted by Gasteiger charge is -2.34. The number of rotatable bonds is 8. The third-order valence-corrected chi connectivity index (χ3v) is 5.03. The molecule has 0 aliphatic rings. The van der Waals surface area contributed by atoms with Gasteiger partial charge in [0.15, 0.2) is 6.04 Å². The summed E-state index contributed by atoms with van der Waals surface area (Å²) in [6, 6.07) is 6.91. The van der Waals surface area contributed by atoms with Crippen molar-refractivity contribution < 1.29 is 27.2 Å². The predicted octanol–water partition coefficient (Wildman–Crippen LogP) is 4.78. The summed E-state index contributed by atoms with van der Waals surface area (Å²) in [5, 5.41) is 11.5. The number of nitrogens with zero attached hydrogens (tertiary/aromatic N) is 2. The van der Waals surface area contributed by atoms with Crippen LogP contribution in [0.15, 0.2) is 42.5 Å². The molecule has 6 nitrogen and oxygen atoms in total. The van der Waals surface area contributed by atoms with Gasteiger partial charge in [-0.3, -0.25) is 9.59 Å². The van der Waals surface area contributed by atoms with Gasteiger partial charge < -0.3 is 16.0 Å². The molecule has 2 atom stereocenters. The van der Waals surface area contributed by atoms with Crippen molar-refractivity contribution in [3.63, 3.8) is 0 Å². The lowest BCUT2D eigenvalue weighted by molar-refractivity contribution is -0.191. The number of nitrogens with one attached hydrogen (secondary N) is 1. The summed E-state index contributed by atoms with van der Waals surface area (Å²) in [5.74, 6) is -2.40. The average Bonchev–Trinajstić information content (AvgIpc) is 2.73. The normalized spacial score (nSPS) is 13.2. The topological polar surface area (TPSA) is 99.2 Å². The summed E-state index contributed by atoms with van der Waals surface area (Å²) in [6.45, 7) is 3.91. The zero-order valence-electron chi connectivity index (χ0n) is 19.0. The maximum Gasteiger partial charge on any atom is 0.413 e. The van der Waals surface area contributed by atoms with Gasteiger partial charge in [0.2, 0.25) is 11.8 Å². The van der Waals surface area contributed by atoms with Crippen molar-refractivity contribution in [3.05, 3.63) is 53.8 Å². The smallest absolute Gasteiger partial charge is 0.324 e. The minimum atomic E-state index is -4.95. The first-order valence-corrected chi connectivity index (χ1v) is 10.5. The molecule has 0 aliphatic heterocycles. The third-order valence-electron chi connectivity index (χ3n) is 5.03. The van der Waals surface area contributed by atoms with Gasteiger partial charge in [0.1, 0.15) is 12.4 Å². The van der Waals surface area contributed by atoms with E-state index in [1.54, 1.807) is 19.9 Å². The first kappa shape index (κ1) is 26.8. The number of carbonyl (C=O) groups excluding carboxylic acids is 2. The van der Waals surface area contributed by atoms with Gasteiger partial charge in [0, 0.05) is 6.92 Å². The zero-order valence-corrected chi connectivity index (χ0v) is 19.0. The number of alkyl halides is 3. The Hall–Kier alpha value is -3.45. The van der Waals surface area contributed by atoms with Crippen LogP contribution in [-0.2, 0) is 9.59 Å². The Kier molecular flexibility index (Phi) is 8.76. The Labute approximate surface area is 195 Å². The molecule has 0 heterocycles. The van der Waals surface area contributed by atoms with Crippen molar-refractivity contribution in [1.82, 2.24) is 4.90 Å². The van der Waals surface area contributed by atoms with E-state index in [1.165, 1.54) is 43.3 Å². The molecule has 2 aromatic carbocycles. The van der Waals surface area contributed by atoms with Crippen LogP contribution in [0, 0.1) is 23.1 Å². The van der Waals surface area contributed by atoms with Gasteiger partial charge in [-0.25, -0.2) is 4.39 Å². The molecule has 0 saturated carbocycles. The van der Waals surface area contributed by atoms with Crippen molar-refractivity contribution in [1.29, 1.82) is 5.26 Å². The SMILES string of the molecule is CC(=O)Nc1ccc(-c2ccccc2[C@H](N(CC#N)C(=O)[C@@H](N)CC(C)C)C(F)(F)F)cc1F. The lowest BCUT2D eigenvalue weighted by Crippen LogP contribution is -2.50. The highest BCUT2D eigenvalue weighted by atomic mass is 19.4. The Morgan fingerprint density at radius 1 is 1.18 bits per heavy atom. The summed E-state index contributed by atoms with van der Waals surface area (Å²) in [5.41, 5.74) is 5.55. The van der Waals surface area contributed by atoms with Crippen LogP contribution in [-0.4, -0.2) is 35.5 Å². The Morgan fingerprint density at radius 3 is 2.35 bits per heavy atom. The Bertz CT molecular complexity index is 1080. The number of halogens is 4. The fraction of sp³-hybridized carbons (Fsp3) is 0.375. The molecule has 182 valence electrons. The largest absolute Gasteiger partial charge is 0.413 e. The van der Waals surface area contributed by atoms with Crippen LogP contribution in [0.3, 0.4) is 0 Å². The van der Waals surface area contributed by atoms with Crippen LogP contribution in [0.5, 0.6) is 0 Å². The van der Waals surface area contributed by atoms with E-state index in [9.17, 15) is 32.4 Å². The first-order chi connectivity index (χ1) is 15.9. The Balaban J connectivity index is 2.63. The number of nitriles is 1. The number of anilines is 1. The highest BCUT2D eigenvalue weighted by Gasteiger charge is 2.48. The standard InChI is InChI=1S/C24H26F4N4O2/c1-14(2)12-20(30)23(34)32(11-10-29)22(24(26,27)28)18-7-5-4-6-17(18)16-8-9-21(19(25)13-16)31-15(3)33/h4-9,13-14,20,22H,11-12,30H2,1-3H3,(H,31,33)/t20-,22-/m0/s1. The molecule has 0 radical (unpaired) electrons. The lowest BCUT2D eigenvalue weighted by atomic mass is 9.92. The fourth-order valence-electron chi connectivity index (χ4n) is 3.69. The first-order valence-electron chi connectivity index (χ1n) is 10.5. The van der Waals surface area contributed by atoms with Crippen LogP contribution in [0.25, 0.3) is 11.1 Å². The van der Waals surface area contributed by atoms with E-state index < -0.39 is 42.4 Å². The van der Waals surface area contributed by atoms with E-state index in [0.29, 0.717) is 4.90 Å². The summed E-state index contributed by atoms with van der Waals surface area (Å²) < 4.78 is 57.7. The molecule has 34 heavy (non-hydrogen) atoms. The third kappa shape index (κ3) is 6.54. The van der Waals surface area contributed by atoms with Gasteiger partial charge >= 0.3 is 6.18 Å². The van der Waals surface area contributed by atoms with Gasteiger partial charge in [-0.05, 0) is 41.2 Å². The van der Waals surface area contributed by atoms with E-state index in [1.807, 2.05) is 0 Å². The van der Waals surface area contributed by atoms with Crippen molar-refractivity contribution in [2.45, 2.75) is 45.5 Å². The van der Waals surface area contributed by atoms with Gasteiger partial charge in [0.25, 0.3) is 0 Å². The quantitative estimate of drug-likeness (QED) is 0.421. The van der Waals surface area contributed by atoms with Crippen molar-refractivity contribution in [2.75, 3.05) is 11.9 Å². The van der Waals surface area contributed by atoms with Gasteiger partial charge in [-0.2, -0.15) is 18.4 Å². The van der Waals surface area contributed by atoms with Crippen LogP contribution >= 0.6 is 0 Å². The molecule has 0 unspecified atom stereocenters. The molecular formula is C24H26F4N4O2. The molecule has 3 N–H and O–H groups in total. The van der Waals surface area contributed by atoms with Gasteiger partial charge in [-0.1, -0.05) is 44.2 Å². The number of benzene rings is 2. The molecule has 10 heteroatoms. The molecule has 0 aliphatic carbocycles. The minimum Gasteiger partial charge on any atom is -0.324 e. The summed E-state index contributed by atoms with van der Waals surface area (Å²) >= 11 is 0. The molecule has 0 fully saturated rings. The van der Waals surface area contributed by atoms with Crippen molar-refractivity contribution >= 4 is 17.5 Å². The zero-order chi connectivity index (χ0) is 25.6. The minimum absolute atomic E-state index is 0.0197. The van der Waals surface area contributed by atoms with Crippen LogP contribution < -0.4 is 11.1 Å². The second-order valence-corrected chi connectivity index (χ2v) is 8.27. The molecule has 0 aromatic heterocycles. The summed E-state index contributed by atoms with van der Waals surface area (Å²) in [6.07, 6.45) is -4.81. The maximum absolute atomic E-state index is 14.5. The maximum atomic E-state index is 14.5. The van der Waals surface area contributed by atoms with Crippen molar-refractivity contribution in [3.8, 4) is 17.2 Å². The molecule has 2 aromatic rings. The van der Waals surface area contributed by atoms with E-state index in [-0.39, 0.29) is 34.7 Å². The second kappa shape index (κ2) is 11.1. The average molecular weight is 478 g/mol. The summed E-state index contributed by atoms with van der Waals surface area (Å²) in [7, 11) is 0. The number of carbonyl (C=O) groups is 2.